The molecule has 4 rings (SSSR count). The van der Waals surface area contributed by atoms with E-state index in [1.165, 1.54) is 17.5 Å². The topological polar surface area (TPSA) is 113 Å². The summed E-state index contributed by atoms with van der Waals surface area (Å²) in [7, 11) is -6.49. The van der Waals surface area contributed by atoms with Gasteiger partial charge in [-0.05, 0) is 55.6 Å². The smallest absolute Gasteiger partial charge is 0.214 e. The van der Waals surface area contributed by atoms with Crippen LogP contribution in [0.25, 0.3) is 0 Å². The number of nitrogens with zero attached hydrogens (tertiary/aromatic N) is 2. The van der Waals surface area contributed by atoms with Crippen molar-refractivity contribution in [3.8, 4) is 0 Å². The number of fused-ring (bicyclic) bond motifs is 2. The monoisotopic (exact) mass is 540 g/mol. The predicted octanol–water partition coefficient (Wildman–Crippen LogP) is 1.99. The minimum atomic E-state index is -3.44. The lowest BCUT2D eigenvalue weighted by Crippen LogP contribution is -2.56. The van der Waals surface area contributed by atoms with Gasteiger partial charge < -0.3 is 16.0 Å². The summed E-state index contributed by atoms with van der Waals surface area (Å²) in [6.45, 7) is 9.47. The van der Waals surface area contributed by atoms with Gasteiger partial charge in [0.1, 0.15) is 9.84 Å². The van der Waals surface area contributed by atoms with E-state index in [0.29, 0.717) is 45.1 Å². The van der Waals surface area contributed by atoms with Gasteiger partial charge in [-0.2, -0.15) is 4.31 Å². The number of aryl methyl sites for hydroxylation is 1. The van der Waals surface area contributed by atoms with Gasteiger partial charge in [0.25, 0.3) is 0 Å². The van der Waals surface area contributed by atoms with Crippen molar-refractivity contribution in [2.45, 2.75) is 58.5 Å². The maximum Gasteiger partial charge on any atom is 0.214 e. The van der Waals surface area contributed by atoms with Gasteiger partial charge in [0.15, 0.2) is 0 Å². The molecule has 3 aliphatic rings. The molecule has 0 radical (unpaired) electrons. The van der Waals surface area contributed by atoms with Crippen molar-refractivity contribution in [1.29, 1.82) is 0 Å². The summed E-state index contributed by atoms with van der Waals surface area (Å²) < 4.78 is 52.3. The lowest BCUT2D eigenvalue weighted by atomic mass is 9.69. The standard InChI is InChI=1S/C26H44N4O4S2/c1-20-7-5-6-8-23(20)29-12-14-30(15-13-29)36(33,34)19-26-11-9-21(25(26,2)3)17-24(26)28-18-22(27)10-16-35(4,31)32/h5-8,21-22,24,28H,9-19,27H2,1-4H3/t21?,22-,24?,26?/m0/s1. The van der Waals surface area contributed by atoms with Crippen LogP contribution in [0, 0.1) is 23.7 Å². The first-order valence-corrected chi connectivity index (χ1v) is 16.9. The SMILES string of the molecule is Cc1ccccc1N1CCN(S(=O)(=O)CC23CCC(CC2NC[C@@H](N)CCS(C)(=O)=O)C3(C)C)CC1. The molecular weight excluding hydrogens is 496 g/mol. The summed E-state index contributed by atoms with van der Waals surface area (Å²) in [6, 6.07) is 8.05. The molecule has 8 nitrogen and oxygen atoms in total. The molecule has 36 heavy (non-hydrogen) atoms. The van der Waals surface area contributed by atoms with Crippen LogP contribution in [0.4, 0.5) is 5.69 Å². The van der Waals surface area contributed by atoms with E-state index in [-0.39, 0.29) is 34.4 Å². The molecule has 1 heterocycles. The summed E-state index contributed by atoms with van der Waals surface area (Å²) in [4.78, 5) is 2.28. The fraction of sp³-hybridized carbons (Fsp3) is 0.769. The molecule has 3 N–H and O–H groups in total. The molecule has 0 amide bonds. The van der Waals surface area contributed by atoms with Crippen molar-refractivity contribution >= 4 is 25.5 Å². The molecule has 0 spiro atoms. The highest BCUT2D eigenvalue weighted by molar-refractivity contribution is 7.90. The Morgan fingerprint density at radius 2 is 1.78 bits per heavy atom. The molecule has 1 saturated heterocycles. The zero-order valence-electron chi connectivity index (χ0n) is 22.2. The Morgan fingerprint density at radius 1 is 1.11 bits per heavy atom. The second-order valence-electron chi connectivity index (χ2n) is 11.9. The highest BCUT2D eigenvalue weighted by Gasteiger charge is 2.65. The van der Waals surface area contributed by atoms with Crippen LogP contribution in [-0.4, -0.2) is 83.7 Å². The van der Waals surface area contributed by atoms with Crippen molar-refractivity contribution in [2.24, 2.45) is 22.5 Å². The Labute approximate surface area is 218 Å². The van der Waals surface area contributed by atoms with Crippen LogP contribution in [-0.2, 0) is 19.9 Å². The van der Waals surface area contributed by atoms with Crippen molar-refractivity contribution < 1.29 is 16.8 Å². The number of piperazine rings is 1. The van der Waals surface area contributed by atoms with E-state index in [9.17, 15) is 16.8 Å². The molecule has 0 aromatic heterocycles. The maximum absolute atomic E-state index is 13.8. The zero-order valence-corrected chi connectivity index (χ0v) is 23.9. The van der Waals surface area contributed by atoms with Gasteiger partial charge in [0.2, 0.25) is 10.0 Å². The van der Waals surface area contributed by atoms with Gasteiger partial charge >= 0.3 is 0 Å². The van der Waals surface area contributed by atoms with E-state index in [4.69, 9.17) is 5.73 Å². The third-order valence-corrected chi connectivity index (χ3v) is 12.5. The van der Waals surface area contributed by atoms with Crippen molar-refractivity contribution in [3.63, 3.8) is 0 Å². The number of benzene rings is 1. The Kier molecular flexibility index (Phi) is 7.86. The maximum atomic E-state index is 13.8. The molecule has 1 aromatic rings. The molecule has 2 saturated carbocycles. The lowest BCUT2D eigenvalue weighted by molar-refractivity contribution is 0.122. The molecular formula is C26H44N4O4S2. The van der Waals surface area contributed by atoms with Crippen LogP contribution in [0.1, 0.15) is 45.1 Å². The van der Waals surface area contributed by atoms with Gasteiger partial charge in [-0.1, -0.05) is 32.0 Å². The summed E-state index contributed by atoms with van der Waals surface area (Å²) >= 11 is 0. The number of sulfonamides is 1. The van der Waals surface area contributed by atoms with Crippen molar-refractivity contribution in [2.75, 3.05) is 55.4 Å². The Hall–Kier alpha value is -1.20. The highest BCUT2D eigenvalue weighted by Crippen LogP contribution is 2.66. The quantitative estimate of drug-likeness (QED) is 0.467. The summed E-state index contributed by atoms with van der Waals surface area (Å²) in [6.07, 6.45) is 4.53. The zero-order chi connectivity index (χ0) is 26.4. The summed E-state index contributed by atoms with van der Waals surface area (Å²) in [5, 5.41) is 3.59. The van der Waals surface area contributed by atoms with E-state index in [2.05, 4.69) is 43.1 Å². The first-order valence-electron chi connectivity index (χ1n) is 13.2. The van der Waals surface area contributed by atoms with E-state index >= 15 is 0 Å². The third-order valence-electron chi connectivity index (χ3n) is 9.44. The van der Waals surface area contributed by atoms with E-state index in [1.807, 2.05) is 12.1 Å². The van der Waals surface area contributed by atoms with Crippen LogP contribution < -0.4 is 16.0 Å². The number of nitrogens with one attached hydrogen (secondary N) is 1. The summed E-state index contributed by atoms with van der Waals surface area (Å²) in [5.74, 6) is 0.711. The first-order chi connectivity index (χ1) is 16.8. The lowest BCUT2D eigenvalue weighted by Gasteiger charge is -2.45. The molecule has 1 aliphatic heterocycles. The highest BCUT2D eigenvalue weighted by atomic mass is 32.2. The molecule has 4 atom stereocenters. The van der Waals surface area contributed by atoms with Crippen molar-refractivity contribution in [1.82, 2.24) is 9.62 Å². The van der Waals surface area contributed by atoms with Gasteiger partial charge in [0.05, 0.1) is 11.5 Å². The molecule has 2 bridgehead atoms. The van der Waals surface area contributed by atoms with Gasteiger partial charge in [0, 0.05) is 62.2 Å². The first kappa shape index (κ1) is 27.8. The number of anilines is 1. The molecule has 1 aromatic carbocycles. The van der Waals surface area contributed by atoms with E-state index in [0.717, 1.165) is 19.3 Å². The Bertz CT molecular complexity index is 1150. The van der Waals surface area contributed by atoms with Crippen molar-refractivity contribution in [3.05, 3.63) is 29.8 Å². The average Bonchev–Trinajstić information content (AvgIpc) is 3.16. The van der Waals surface area contributed by atoms with Crippen LogP contribution in [0.2, 0.25) is 0 Å². The number of hydrogen-bond donors (Lipinski definition) is 2. The molecule has 3 fully saturated rings. The number of para-hydroxylation sites is 1. The number of rotatable bonds is 10. The molecule has 3 unspecified atom stereocenters. The van der Waals surface area contributed by atoms with Gasteiger partial charge in [-0.15, -0.1) is 0 Å². The molecule has 2 aliphatic carbocycles. The average molecular weight is 541 g/mol. The number of nitrogens with two attached hydrogens (primary N) is 1. The normalized spacial score (nSPS) is 29.5. The van der Waals surface area contributed by atoms with E-state index in [1.54, 1.807) is 4.31 Å². The summed E-state index contributed by atoms with van der Waals surface area (Å²) in [5.41, 5.74) is 8.18. The second-order valence-corrected chi connectivity index (χ2v) is 16.1. The third kappa shape index (κ3) is 5.48. The Morgan fingerprint density at radius 3 is 2.39 bits per heavy atom. The van der Waals surface area contributed by atoms with Gasteiger partial charge in [-0.25, -0.2) is 16.8 Å². The van der Waals surface area contributed by atoms with Crippen LogP contribution in [0.15, 0.2) is 24.3 Å². The minimum absolute atomic E-state index is 0.0681. The van der Waals surface area contributed by atoms with Crippen LogP contribution in [0.3, 0.4) is 0 Å². The fourth-order valence-electron chi connectivity index (χ4n) is 7.01. The Balaban J connectivity index is 1.43. The predicted molar refractivity (Wildman–Crippen MR) is 146 cm³/mol. The largest absolute Gasteiger partial charge is 0.369 e. The fourth-order valence-corrected chi connectivity index (χ4v) is 10.0. The van der Waals surface area contributed by atoms with Crippen LogP contribution in [0.5, 0.6) is 0 Å². The van der Waals surface area contributed by atoms with E-state index < -0.39 is 19.9 Å². The number of sulfone groups is 1. The second kappa shape index (κ2) is 10.2. The molecule has 10 heteroatoms. The minimum Gasteiger partial charge on any atom is -0.369 e. The number of hydrogen-bond acceptors (Lipinski definition) is 7. The molecule has 204 valence electrons. The van der Waals surface area contributed by atoms with Crippen LogP contribution >= 0.6 is 0 Å². The van der Waals surface area contributed by atoms with Gasteiger partial charge in [-0.3, -0.25) is 0 Å².